The second-order valence-corrected chi connectivity index (χ2v) is 6.14. The number of amides is 1. The second-order valence-electron chi connectivity index (χ2n) is 5.73. The number of aromatic nitrogens is 2. The van der Waals surface area contributed by atoms with Crippen LogP contribution in [-0.2, 0) is 6.54 Å². The summed E-state index contributed by atoms with van der Waals surface area (Å²) >= 11 is 6.05. The fraction of sp³-hybridized carbons (Fsp3) is 0.211. The van der Waals surface area contributed by atoms with Crippen molar-refractivity contribution >= 4 is 17.5 Å². The van der Waals surface area contributed by atoms with Gasteiger partial charge in [0.1, 0.15) is 0 Å². The highest BCUT2D eigenvalue weighted by molar-refractivity contribution is 6.31. The normalized spacial score (nSPS) is 10.5. The maximum atomic E-state index is 12.2. The molecule has 3 aromatic rings. The molecular weight excluding hydrogens is 370 g/mol. The Labute approximate surface area is 161 Å². The Balaban J connectivity index is 1.69. The van der Waals surface area contributed by atoms with E-state index in [0.29, 0.717) is 33.5 Å². The molecule has 0 saturated carbocycles. The highest BCUT2D eigenvalue weighted by Crippen LogP contribution is 2.31. The molecule has 0 bridgehead atoms. The molecule has 0 radical (unpaired) electrons. The van der Waals surface area contributed by atoms with Crippen molar-refractivity contribution in [2.45, 2.75) is 13.5 Å². The SMILES string of the molecule is COc1ccc(-c2noc(CNC(=O)c3ccc(C)c(Cl)c3)n2)cc1OC. The largest absolute Gasteiger partial charge is 0.493 e. The molecule has 1 amide bonds. The average molecular weight is 388 g/mol. The lowest BCUT2D eigenvalue weighted by Gasteiger charge is -2.07. The quantitative estimate of drug-likeness (QED) is 0.694. The molecule has 0 atom stereocenters. The number of carbonyl (C=O) groups is 1. The molecule has 2 aromatic carbocycles. The number of hydrogen-bond donors (Lipinski definition) is 1. The number of ether oxygens (including phenoxy) is 2. The fourth-order valence-electron chi connectivity index (χ4n) is 2.41. The van der Waals surface area contributed by atoms with Crippen molar-refractivity contribution in [2.75, 3.05) is 14.2 Å². The Hall–Kier alpha value is -3.06. The smallest absolute Gasteiger partial charge is 0.251 e. The van der Waals surface area contributed by atoms with Gasteiger partial charge < -0.3 is 19.3 Å². The van der Waals surface area contributed by atoms with Crippen molar-refractivity contribution in [1.82, 2.24) is 15.5 Å². The summed E-state index contributed by atoms with van der Waals surface area (Å²) in [5, 5.41) is 7.21. The molecule has 27 heavy (non-hydrogen) atoms. The van der Waals surface area contributed by atoms with Gasteiger partial charge in [0.05, 0.1) is 20.8 Å². The molecular formula is C19H18ClN3O4. The van der Waals surface area contributed by atoms with Crippen LogP contribution in [0.5, 0.6) is 11.5 Å². The van der Waals surface area contributed by atoms with Gasteiger partial charge >= 0.3 is 0 Å². The molecule has 1 aromatic heterocycles. The summed E-state index contributed by atoms with van der Waals surface area (Å²) in [6.07, 6.45) is 0. The molecule has 0 spiro atoms. The molecule has 0 unspecified atom stereocenters. The van der Waals surface area contributed by atoms with E-state index in [1.807, 2.05) is 6.92 Å². The van der Waals surface area contributed by atoms with E-state index in [9.17, 15) is 4.79 Å². The molecule has 1 N–H and O–H groups in total. The van der Waals surface area contributed by atoms with E-state index in [2.05, 4.69) is 15.5 Å². The lowest BCUT2D eigenvalue weighted by atomic mass is 10.1. The summed E-state index contributed by atoms with van der Waals surface area (Å²) in [6, 6.07) is 10.4. The molecule has 140 valence electrons. The van der Waals surface area contributed by atoms with Crippen LogP contribution in [0.4, 0.5) is 0 Å². The minimum Gasteiger partial charge on any atom is -0.493 e. The van der Waals surface area contributed by atoms with E-state index in [1.54, 1.807) is 50.6 Å². The third kappa shape index (κ3) is 4.20. The monoisotopic (exact) mass is 387 g/mol. The number of carbonyl (C=O) groups excluding carboxylic acids is 1. The first-order valence-corrected chi connectivity index (χ1v) is 8.49. The van der Waals surface area contributed by atoms with E-state index >= 15 is 0 Å². The van der Waals surface area contributed by atoms with Gasteiger partial charge in [-0.1, -0.05) is 22.8 Å². The number of rotatable bonds is 6. The molecule has 3 rings (SSSR count). The number of benzene rings is 2. The number of nitrogens with zero attached hydrogens (tertiary/aromatic N) is 2. The zero-order valence-electron chi connectivity index (χ0n) is 15.1. The van der Waals surface area contributed by atoms with Gasteiger partial charge in [-0.15, -0.1) is 0 Å². The minimum atomic E-state index is -0.275. The topological polar surface area (TPSA) is 86.5 Å². The van der Waals surface area contributed by atoms with Crippen LogP contribution in [0, 0.1) is 6.92 Å². The summed E-state index contributed by atoms with van der Waals surface area (Å²) in [6.45, 7) is 1.97. The van der Waals surface area contributed by atoms with Gasteiger partial charge in [0.2, 0.25) is 11.7 Å². The lowest BCUT2D eigenvalue weighted by molar-refractivity contribution is 0.0946. The van der Waals surface area contributed by atoms with Crippen LogP contribution in [0.2, 0.25) is 5.02 Å². The van der Waals surface area contributed by atoms with Crippen molar-refractivity contribution < 1.29 is 18.8 Å². The van der Waals surface area contributed by atoms with Gasteiger partial charge in [0, 0.05) is 16.1 Å². The maximum absolute atomic E-state index is 12.2. The van der Waals surface area contributed by atoms with Gasteiger partial charge in [-0.25, -0.2) is 0 Å². The number of methoxy groups -OCH3 is 2. The average Bonchev–Trinajstić information content (AvgIpc) is 3.16. The van der Waals surface area contributed by atoms with E-state index in [-0.39, 0.29) is 18.3 Å². The highest BCUT2D eigenvalue weighted by atomic mass is 35.5. The van der Waals surface area contributed by atoms with Crippen LogP contribution in [0.3, 0.4) is 0 Å². The summed E-state index contributed by atoms with van der Waals surface area (Å²) in [4.78, 5) is 16.5. The van der Waals surface area contributed by atoms with Gasteiger partial charge in [0.15, 0.2) is 11.5 Å². The molecule has 0 aliphatic rings. The van der Waals surface area contributed by atoms with Gasteiger partial charge in [-0.2, -0.15) is 4.98 Å². The van der Waals surface area contributed by atoms with Crippen LogP contribution in [-0.4, -0.2) is 30.3 Å². The predicted octanol–water partition coefficient (Wildman–Crippen LogP) is 3.65. The highest BCUT2D eigenvalue weighted by Gasteiger charge is 2.13. The van der Waals surface area contributed by atoms with E-state index in [1.165, 1.54) is 0 Å². The first-order chi connectivity index (χ1) is 13.0. The molecule has 7 nitrogen and oxygen atoms in total. The van der Waals surface area contributed by atoms with Crippen molar-refractivity contribution in [1.29, 1.82) is 0 Å². The summed E-state index contributed by atoms with van der Waals surface area (Å²) in [5.41, 5.74) is 2.08. The summed E-state index contributed by atoms with van der Waals surface area (Å²) < 4.78 is 15.7. The fourth-order valence-corrected chi connectivity index (χ4v) is 2.59. The van der Waals surface area contributed by atoms with Crippen molar-refractivity contribution in [3.05, 3.63) is 58.4 Å². The third-order valence-electron chi connectivity index (χ3n) is 3.94. The zero-order chi connectivity index (χ0) is 19.4. The Bertz CT molecular complexity index is 971. The summed E-state index contributed by atoms with van der Waals surface area (Å²) in [5.74, 6) is 1.56. The van der Waals surface area contributed by atoms with Gasteiger partial charge in [0.25, 0.3) is 5.91 Å². The van der Waals surface area contributed by atoms with E-state index in [4.69, 9.17) is 25.6 Å². The summed E-state index contributed by atoms with van der Waals surface area (Å²) in [7, 11) is 3.12. The first kappa shape index (κ1) is 18.7. The second kappa shape index (κ2) is 8.09. The lowest BCUT2D eigenvalue weighted by Crippen LogP contribution is -2.22. The number of nitrogens with one attached hydrogen (secondary N) is 1. The van der Waals surface area contributed by atoms with Crippen molar-refractivity contribution in [2.24, 2.45) is 0 Å². The van der Waals surface area contributed by atoms with Crippen LogP contribution in [0.15, 0.2) is 40.9 Å². The first-order valence-electron chi connectivity index (χ1n) is 8.11. The van der Waals surface area contributed by atoms with E-state index < -0.39 is 0 Å². The van der Waals surface area contributed by atoms with Gasteiger partial charge in [-0.05, 0) is 42.8 Å². The number of aryl methyl sites for hydroxylation is 1. The molecule has 8 heteroatoms. The zero-order valence-corrected chi connectivity index (χ0v) is 15.8. The maximum Gasteiger partial charge on any atom is 0.251 e. The molecule has 0 aliphatic carbocycles. The Morgan fingerprint density at radius 2 is 1.93 bits per heavy atom. The van der Waals surface area contributed by atoms with Crippen LogP contribution in [0.1, 0.15) is 21.8 Å². The molecule has 0 saturated heterocycles. The van der Waals surface area contributed by atoms with Crippen molar-refractivity contribution in [3.63, 3.8) is 0 Å². The minimum absolute atomic E-state index is 0.102. The standard InChI is InChI=1S/C19H18ClN3O4/c1-11-4-5-13(8-14(11)20)19(24)21-10-17-22-18(23-27-17)12-6-7-15(25-2)16(9-12)26-3/h4-9H,10H2,1-3H3,(H,21,24). The Morgan fingerprint density at radius 3 is 2.63 bits per heavy atom. The number of hydrogen-bond acceptors (Lipinski definition) is 6. The third-order valence-corrected chi connectivity index (χ3v) is 4.35. The van der Waals surface area contributed by atoms with Gasteiger partial charge in [-0.3, -0.25) is 4.79 Å². The van der Waals surface area contributed by atoms with Crippen LogP contribution >= 0.6 is 11.6 Å². The Kier molecular flexibility index (Phi) is 5.61. The molecule has 0 aliphatic heterocycles. The van der Waals surface area contributed by atoms with Crippen LogP contribution in [0.25, 0.3) is 11.4 Å². The number of halogens is 1. The van der Waals surface area contributed by atoms with Crippen LogP contribution < -0.4 is 14.8 Å². The Morgan fingerprint density at radius 1 is 1.15 bits per heavy atom. The van der Waals surface area contributed by atoms with E-state index in [0.717, 1.165) is 5.56 Å². The molecule has 0 fully saturated rings. The van der Waals surface area contributed by atoms with Crippen molar-refractivity contribution in [3.8, 4) is 22.9 Å². The predicted molar refractivity (Wildman–Crippen MR) is 100 cm³/mol. The molecule has 1 heterocycles.